The van der Waals surface area contributed by atoms with Crippen LogP contribution < -0.4 is 0 Å². The largest absolute Gasteiger partial charge is 0.392 e. The Balaban J connectivity index is 1.61. The van der Waals surface area contributed by atoms with Gasteiger partial charge in [-0.1, -0.05) is 51.0 Å². The molecule has 0 amide bonds. The average molecular weight is 324 g/mol. The third kappa shape index (κ3) is 2.41. The fraction of sp³-hybridized carbons (Fsp3) is 0.571. The molecule has 2 unspecified atom stereocenters. The Bertz CT molecular complexity index is 712. The molecule has 4 rings (SSSR count). The highest BCUT2D eigenvalue weighted by atomic mass is 16.3. The smallest absolute Gasteiger partial charge is 0.0956 e. The molecule has 2 atom stereocenters. The van der Waals surface area contributed by atoms with Crippen LogP contribution in [-0.4, -0.2) is 20.8 Å². The number of nitrogens with zero attached hydrogens (tertiary/aromatic N) is 2. The fourth-order valence-electron chi connectivity index (χ4n) is 4.89. The van der Waals surface area contributed by atoms with Crippen LogP contribution in [0.25, 0.3) is 11.3 Å². The summed E-state index contributed by atoms with van der Waals surface area (Å²) in [6.07, 6.45) is 10.3. The number of aliphatic hydroxyl groups excluding tert-OH is 1. The maximum atomic E-state index is 11.2. The van der Waals surface area contributed by atoms with Gasteiger partial charge < -0.3 is 9.67 Å². The van der Waals surface area contributed by atoms with E-state index in [1.807, 2.05) is 12.5 Å². The molecule has 24 heavy (non-hydrogen) atoms. The Morgan fingerprint density at radius 2 is 2.04 bits per heavy atom. The molecule has 1 N–H and O–H groups in total. The van der Waals surface area contributed by atoms with Gasteiger partial charge >= 0.3 is 0 Å². The van der Waals surface area contributed by atoms with E-state index in [2.05, 4.69) is 47.7 Å². The molecule has 0 spiro atoms. The Kier molecular flexibility index (Phi) is 4.00. The fourth-order valence-corrected chi connectivity index (χ4v) is 4.89. The third-order valence-electron chi connectivity index (χ3n) is 6.73. The number of benzene rings is 1. The highest BCUT2D eigenvalue weighted by molar-refractivity contribution is 5.68. The number of hydrogen-bond acceptors (Lipinski definition) is 2. The van der Waals surface area contributed by atoms with Gasteiger partial charge in [0.1, 0.15) is 0 Å². The van der Waals surface area contributed by atoms with Gasteiger partial charge in [0.2, 0.25) is 0 Å². The van der Waals surface area contributed by atoms with Gasteiger partial charge in [-0.2, -0.15) is 0 Å². The monoisotopic (exact) mass is 324 g/mol. The SMILES string of the molecule is CCC1(C(O)CC2c3ccccc3-c3cncn32)CCC(C)CC1. The van der Waals surface area contributed by atoms with Gasteiger partial charge in [0.05, 0.1) is 30.4 Å². The lowest BCUT2D eigenvalue weighted by atomic mass is 9.65. The van der Waals surface area contributed by atoms with E-state index in [1.165, 1.54) is 29.7 Å². The first-order valence-electron chi connectivity index (χ1n) is 9.44. The molecule has 1 aliphatic carbocycles. The Labute approximate surface area is 144 Å². The van der Waals surface area contributed by atoms with Crippen molar-refractivity contribution < 1.29 is 5.11 Å². The number of hydrogen-bond donors (Lipinski definition) is 1. The van der Waals surface area contributed by atoms with Crippen molar-refractivity contribution in [2.45, 2.75) is 64.5 Å². The summed E-state index contributed by atoms with van der Waals surface area (Å²) in [5.41, 5.74) is 3.90. The van der Waals surface area contributed by atoms with Crippen molar-refractivity contribution in [3.63, 3.8) is 0 Å². The summed E-state index contributed by atoms with van der Waals surface area (Å²) in [5, 5.41) is 11.2. The molecule has 0 saturated heterocycles. The Morgan fingerprint density at radius 1 is 1.29 bits per heavy atom. The summed E-state index contributed by atoms with van der Waals surface area (Å²) in [6.45, 7) is 4.60. The van der Waals surface area contributed by atoms with E-state index in [0.717, 1.165) is 31.6 Å². The first-order valence-corrected chi connectivity index (χ1v) is 9.44. The second-order valence-corrected chi connectivity index (χ2v) is 7.94. The first-order chi connectivity index (χ1) is 11.6. The molecule has 1 aromatic carbocycles. The lowest BCUT2D eigenvalue weighted by Gasteiger charge is -2.43. The summed E-state index contributed by atoms with van der Waals surface area (Å²) in [5.74, 6) is 0.810. The quantitative estimate of drug-likeness (QED) is 0.876. The molecule has 2 aliphatic rings. The highest BCUT2D eigenvalue weighted by Crippen LogP contribution is 2.48. The molecular weight excluding hydrogens is 296 g/mol. The van der Waals surface area contributed by atoms with E-state index in [1.54, 1.807) is 0 Å². The van der Waals surface area contributed by atoms with Crippen molar-refractivity contribution in [2.75, 3.05) is 0 Å². The molecule has 1 fully saturated rings. The summed E-state index contributed by atoms with van der Waals surface area (Å²) >= 11 is 0. The van der Waals surface area contributed by atoms with E-state index in [9.17, 15) is 5.11 Å². The summed E-state index contributed by atoms with van der Waals surface area (Å²) < 4.78 is 2.25. The van der Waals surface area contributed by atoms with Gasteiger partial charge in [0, 0.05) is 5.56 Å². The van der Waals surface area contributed by atoms with Crippen LogP contribution >= 0.6 is 0 Å². The van der Waals surface area contributed by atoms with Gasteiger partial charge in [-0.25, -0.2) is 4.98 Å². The van der Waals surface area contributed by atoms with Crippen molar-refractivity contribution >= 4 is 0 Å². The zero-order chi connectivity index (χ0) is 16.7. The maximum Gasteiger partial charge on any atom is 0.0956 e. The lowest BCUT2D eigenvalue weighted by Crippen LogP contribution is -2.39. The van der Waals surface area contributed by atoms with Gasteiger partial charge in [-0.15, -0.1) is 0 Å². The van der Waals surface area contributed by atoms with Crippen molar-refractivity contribution in [3.8, 4) is 11.3 Å². The molecule has 0 bridgehead atoms. The topological polar surface area (TPSA) is 38.1 Å². The minimum Gasteiger partial charge on any atom is -0.392 e. The van der Waals surface area contributed by atoms with Gasteiger partial charge in [-0.3, -0.25) is 0 Å². The second kappa shape index (κ2) is 6.03. The number of aromatic nitrogens is 2. The van der Waals surface area contributed by atoms with Crippen molar-refractivity contribution in [3.05, 3.63) is 42.4 Å². The number of rotatable bonds is 4. The summed E-state index contributed by atoms with van der Waals surface area (Å²) in [7, 11) is 0. The van der Waals surface area contributed by atoms with Crippen LogP contribution in [0.2, 0.25) is 0 Å². The molecular formula is C21H28N2O. The molecule has 2 heterocycles. The highest BCUT2D eigenvalue weighted by Gasteiger charge is 2.41. The van der Waals surface area contributed by atoms with Crippen LogP contribution in [0.3, 0.4) is 0 Å². The zero-order valence-electron chi connectivity index (χ0n) is 14.8. The van der Waals surface area contributed by atoms with Gasteiger partial charge in [0.15, 0.2) is 0 Å². The first kappa shape index (κ1) is 15.9. The maximum absolute atomic E-state index is 11.2. The standard InChI is InChI=1S/C21H28N2O/c1-3-21(10-8-15(2)9-11-21)20(24)12-18-16-6-4-5-7-17(16)19-13-22-14-23(18)19/h4-7,13-15,18,20,24H,3,8-12H2,1-2H3. The van der Waals surface area contributed by atoms with Crippen molar-refractivity contribution in [1.29, 1.82) is 0 Å². The minimum absolute atomic E-state index is 0.102. The van der Waals surface area contributed by atoms with Gasteiger partial charge in [-0.05, 0) is 42.6 Å². The van der Waals surface area contributed by atoms with Crippen molar-refractivity contribution in [1.82, 2.24) is 9.55 Å². The predicted octanol–water partition coefficient (Wildman–Crippen LogP) is 4.81. The van der Waals surface area contributed by atoms with Crippen LogP contribution in [0, 0.1) is 11.3 Å². The normalized spacial score (nSPS) is 30.0. The summed E-state index contributed by atoms with van der Waals surface area (Å²) in [6, 6.07) is 8.80. The number of imidazole rings is 1. The minimum atomic E-state index is -0.249. The number of fused-ring (bicyclic) bond motifs is 3. The average Bonchev–Trinajstić information content (AvgIpc) is 3.19. The Morgan fingerprint density at radius 3 is 2.79 bits per heavy atom. The van der Waals surface area contributed by atoms with E-state index in [0.29, 0.717) is 0 Å². The van der Waals surface area contributed by atoms with Crippen LogP contribution in [0.4, 0.5) is 0 Å². The van der Waals surface area contributed by atoms with E-state index < -0.39 is 0 Å². The van der Waals surface area contributed by atoms with Crippen LogP contribution in [-0.2, 0) is 0 Å². The molecule has 2 aromatic rings. The van der Waals surface area contributed by atoms with Gasteiger partial charge in [0.25, 0.3) is 0 Å². The molecule has 0 radical (unpaired) electrons. The lowest BCUT2D eigenvalue weighted by molar-refractivity contribution is -0.0256. The molecule has 1 saturated carbocycles. The third-order valence-corrected chi connectivity index (χ3v) is 6.73. The van der Waals surface area contributed by atoms with Crippen LogP contribution in [0.1, 0.15) is 64.0 Å². The number of aliphatic hydroxyl groups is 1. The van der Waals surface area contributed by atoms with E-state index in [4.69, 9.17) is 0 Å². The molecule has 1 aromatic heterocycles. The molecule has 128 valence electrons. The summed E-state index contributed by atoms with van der Waals surface area (Å²) in [4.78, 5) is 4.34. The van der Waals surface area contributed by atoms with Crippen LogP contribution in [0.15, 0.2) is 36.8 Å². The van der Waals surface area contributed by atoms with Crippen molar-refractivity contribution in [2.24, 2.45) is 11.3 Å². The second-order valence-electron chi connectivity index (χ2n) is 7.94. The zero-order valence-corrected chi connectivity index (χ0v) is 14.8. The Hall–Kier alpha value is -1.61. The molecule has 3 heteroatoms. The predicted molar refractivity (Wildman–Crippen MR) is 96.8 cm³/mol. The van der Waals surface area contributed by atoms with E-state index >= 15 is 0 Å². The molecule has 1 aliphatic heterocycles. The van der Waals surface area contributed by atoms with Crippen LogP contribution in [0.5, 0.6) is 0 Å². The van der Waals surface area contributed by atoms with E-state index in [-0.39, 0.29) is 17.6 Å². The molecule has 3 nitrogen and oxygen atoms in total.